The lowest BCUT2D eigenvalue weighted by Gasteiger charge is -1.99. The van der Waals surface area contributed by atoms with E-state index < -0.39 is 11.6 Å². The second-order valence-electron chi connectivity index (χ2n) is 3.11. The van der Waals surface area contributed by atoms with Gasteiger partial charge in [-0.15, -0.1) is 11.3 Å². The molecule has 0 unspecified atom stereocenters. The number of nitrogens with two attached hydrogens (primary N) is 1. The van der Waals surface area contributed by atoms with Gasteiger partial charge >= 0.3 is 0 Å². The monoisotopic (exact) mass is 236 g/mol. The highest BCUT2D eigenvalue weighted by Crippen LogP contribution is 2.34. The second kappa shape index (κ2) is 3.91. The summed E-state index contributed by atoms with van der Waals surface area (Å²) < 4.78 is 26.4. The molecule has 0 radical (unpaired) electrons. The van der Waals surface area contributed by atoms with Crippen LogP contribution in [0.2, 0.25) is 0 Å². The Morgan fingerprint density at radius 1 is 1.31 bits per heavy atom. The van der Waals surface area contributed by atoms with E-state index in [1.807, 2.05) is 6.07 Å². The lowest BCUT2D eigenvalue weighted by atomic mass is 10.1. The van der Waals surface area contributed by atoms with Crippen molar-refractivity contribution in [2.75, 3.05) is 5.73 Å². The van der Waals surface area contributed by atoms with Crippen LogP contribution in [0.4, 0.5) is 14.5 Å². The Labute approximate surface area is 94.6 Å². The van der Waals surface area contributed by atoms with Crippen LogP contribution < -0.4 is 5.73 Å². The predicted molar refractivity (Wildman–Crippen MR) is 58.8 cm³/mol. The number of anilines is 1. The summed E-state index contributed by atoms with van der Waals surface area (Å²) in [6, 6.07) is 7.27. The van der Waals surface area contributed by atoms with Crippen molar-refractivity contribution in [1.82, 2.24) is 0 Å². The number of hydrogen-bond donors (Lipinski definition) is 1. The molecule has 5 heteroatoms. The number of hydrogen-bond acceptors (Lipinski definition) is 3. The van der Waals surface area contributed by atoms with E-state index >= 15 is 0 Å². The summed E-state index contributed by atoms with van der Waals surface area (Å²) in [5, 5.41) is 8.72. The molecule has 1 aromatic heterocycles. The minimum absolute atomic E-state index is 0.123. The Morgan fingerprint density at radius 3 is 2.69 bits per heavy atom. The van der Waals surface area contributed by atoms with E-state index in [4.69, 9.17) is 11.0 Å². The molecule has 0 amide bonds. The van der Waals surface area contributed by atoms with Gasteiger partial charge in [-0.05, 0) is 12.1 Å². The molecule has 80 valence electrons. The fourth-order valence-electron chi connectivity index (χ4n) is 1.32. The van der Waals surface area contributed by atoms with E-state index in [0.29, 0.717) is 9.75 Å². The molecule has 0 aliphatic rings. The molecule has 0 spiro atoms. The zero-order valence-corrected chi connectivity index (χ0v) is 8.81. The van der Waals surface area contributed by atoms with E-state index in [1.54, 1.807) is 0 Å². The largest absolute Gasteiger partial charge is 0.397 e. The van der Waals surface area contributed by atoms with Crippen molar-refractivity contribution in [2.24, 2.45) is 0 Å². The highest BCUT2D eigenvalue weighted by Gasteiger charge is 2.13. The third-order valence-corrected chi connectivity index (χ3v) is 3.17. The Kier molecular flexibility index (Phi) is 2.59. The van der Waals surface area contributed by atoms with Gasteiger partial charge in [0.2, 0.25) is 0 Å². The van der Waals surface area contributed by atoms with Crippen molar-refractivity contribution in [3.63, 3.8) is 0 Å². The van der Waals surface area contributed by atoms with Gasteiger partial charge in [-0.2, -0.15) is 5.26 Å². The molecule has 0 aliphatic heterocycles. The number of nitrogens with zero attached hydrogens (tertiary/aromatic N) is 1. The van der Waals surface area contributed by atoms with Crippen LogP contribution in [0.15, 0.2) is 24.3 Å². The van der Waals surface area contributed by atoms with Gasteiger partial charge in [0.1, 0.15) is 10.9 Å². The summed E-state index contributed by atoms with van der Waals surface area (Å²) in [6.45, 7) is 0. The zero-order chi connectivity index (χ0) is 11.7. The Morgan fingerprint density at radius 2 is 2.06 bits per heavy atom. The number of nitriles is 1. The summed E-state index contributed by atoms with van der Waals surface area (Å²) in [4.78, 5) is 0.754. The number of rotatable bonds is 1. The maximum Gasteiger partial charge on any atom is 0.167 e. The number of halogens is 2. The molecule has 0 bridgehead atoms. The maximum absolute atomic E-state index is 13.4. The molecular formula is C11H6F2N2S. The summed E-state index contributed by atoms with van der Waals surface area (Å²) in [5.41, 5.74) is 5.96. The summed E-state index contributed by atoms with van der Waals surface area (Å²) in [5.74, 6) is -1.84. The van der Waals surface area contributed by atoms with Gasteiger partial charge in [0, 0.05) is 10.4 Å². The maximum atomic E-state index is 13.4. The molecule has 0 aliphatic carbocycles. The van der Waals surface area contributed by atoms with Gasteiger partial charge in [-0.3, -0.25) is 0 Å². The fourth-order valence-corrected chi connectivity index (χ4v) is 2.22. The minimum Gasteiger partial charge on any atom is -0.397 e. The van der Waals surface area contributed by atoms with E-state index in [9.17, 15) is 8.78 Å². The van der Waals surface area contributed by atoms with Gasteiger partial charge < -0.3 is 5.73 Å². The van der Waals surface area contributed by atoms with Crippen LogP contribution >= 0.6 is 11.3 Å². The van der Waals surface area contributed by atoms with Crippen LogP contribution in [-0.2, 0) is 0 Å². The highest BCUT2D eigenvalue weighted by atomic mass is 32.1. The van der Waals surface area contributed by atoms with Crippen molar-refractivity contribution >= 4 is 17.0 Å². The molecule has 1 aromatic carbocycles. The summed E-state index contributed by atoms with van der Waals surface area (Å²) in [7, 11) is 0. The third kappa shape index (κ3) is 1.64. The Bertz CT molecular complexity index is 584. The molecule has 2 nitrogen and oxygen atoms in total. The van der Waals surface area contributed by atoms with E-state index in [1.165, 1.54) is 18.2 Å². The second-order valence-corrected chi connectivity index (χ2v) is 4.16. The van der Waals surface area contributed by atoms with Gasteiger partial charge in [0.05, 0.1) is 5.69 Å². The van der Waals surface area contributed by atoms with Crippen LogP contribution in [-0.4, -0.2) is 0 Å². The van der Waals surface area contributed by atoms with Gasteiger partial charge in [-0.1, -0.05) is 12.1 Å². The highest BCUT2D eigenvalue weighted by molar-refractivity contribution is 7.16. The lowest BCUT2D eigenvalue weighted by molar-refractivity contribution is 0.511. The number of thiophene rings is 1. The quantitative estimate of drug-likeness (QED) is 0.826. The van der Waals surface area contributed by atoms with E-state index in [2.05, 4.69) is 0 Å². The number of nitrogen functional groups attached to an aromatic ring is 1. The van der Waals surface area contributed by atoms with Gasteiger partial charge in [-0.25, -0.2) is 8.78 Å². The minimum atomic E-state index is -0.923. The molecule has 2 aromatic rings. The van der Waals surface area contributed by atoms with Crippen molar-refractivity contribution in [1.29, 1.82) is 5.26 Å². The SMILES string of the molecule is N#Cc1sc(-c2cccc(F)c2F)cc1N. The summed E-state index contributed by atoms with van der Waals surface area (Å²) >= 11 is 1.04. The summed E-state index contributed by atoms with van der Waals surface area (Å²) in [6.07, 6.45) is 0. The van der Waals surface area contributed by atoms with Crippen LogP contribution in [0.25, 0.3) is 10.4 Å². The van der Waals surface area contributed by atoms with Crippen LogP contribution in [0.1, 0.15) is 4.88 Å². The van der Waals surface area contributed by atoms with Crippen LogP contribution in [0, 0.1) is 23.0 Å². The van der Waals surface area contributed by atoms with Crippen molar-refractivity contribution < 1.29 is 8.78 Å². The molecule has 1 heterocycles. The molecule has 0 atom stereocenters. The first kappa shape index (κ1) is 10.6. The molecule has 2 rings (SSSR count). The van der Waals surface area contributed by atoms with E-state index in [0.717, 1.165) is 17.4 Å². The first-order chi connectivity index (χ1) is 7.63. The molecule has 16 heavy (non-hydrogen) atoms. The predicted octanol–water partition coefficient (Wildman–Crippen LogP) is 3.15. The van der Waals surface area contributed by atoms with Crippen LogP contribution in [0.5, 0.6) is 0 Å². The lowest BCUT2D eigenvalue weighted by Crippen LogP contribution is -1.86. The zero-order valence-electron chi connectivity index (χ0n) is 8.00. The average Bonchev–Trinajstić information content (AvgIpc) is 2.63. The van der Waals surface area contributed by atoms with E-state index in [-0.39, 0.29) is 11.3 Å². The van der Waals surface area contributed by atoms with Crippen molar-refractivity contribution in [3.8, 4) is 16.5 Å². The van der Waals surface area contributed by atoms with Gasteiger partial charge in [0.25, 0.3) is 0 Å². The number of benzene rings is 1. The molecule has 2 N–H and O–H groups in total. The topological polar surface area (TPSA) is 49.8 Å². The Hall–Kier alpha value is -1.93. The first-order valence-corrected chi connectivity index (χ1v) is 5.19. The smallest absolute Gasteiger partial charge is 0.167 e. The normalized spacial score (nSPS) is 10.1. The first-order valence-electron chi connectivity index (χ1n) is 4.37. The van der Waals surface area contributed by atoms with Crippen molar-refractivity contribution in [3.05, 3.63) is 40.8 Å². The average molecular weight is 236 g/mol. The fraction of sp³-hybridized carbons (Fsp3) is 0. The molecule has 0 saturated heterocycles. The molecular weight excluding hydrogens is 230 g/mol. The van der Waals surface area contributed by atoms with Gasteiger partial charge in [0.15, 0.2) is 11.6 Å². The molecule has 0 fully saturated rings. The standard InChI is InChI=1S/C11H6F2N2S/c12-7-3-1-2-6(11(7)13)9-4-8(15)10(5-14)16-9/h1-4H,15H2. The van der Waals surface area contributed by atoms with Crippen molar-refractivity contribution in [2.45, 2.75) is 0 Å². The third-order valence-electron chi connectivity index (χ3n) is 2.08. The molecule has 0 saturated carbocycles. The van der Waals surface area contributed by atoms with Crippen LogP contribution in [0.3, 0.4) is 0 Å². The Balaban J connectivity index is 2.60.